The molecule has 2 heterocycles. The van der Waals surface area contributed by atoms with Crippen LogP contribution < -0.4 is 4.74 Å². The summed E-state index contributed by atoms with van der Waals surface area (Å²) in [5.74, 6) is 0.327. The van der Waals surface area contributed by atoms with Crippen molar-refractivity contribution in [3.8, 4) is 5.75 Å². The summed E-state index contributed by atoms with van der Waals surface area (Å²) in [6.45, 7) is 3.06. The first-order valence-electron chi connectivity index (χ1n) is 9.13. The molecule has 1 atom stereocenters. The minimum absolute atomic E-state index is 0.0462. The van der Waals surface area contributed by atoms with Crippen LogP contribution in [0.2, 0.25) is 0 Å². The van der Waals surface area contributed by atoms with Crippen LogP contribution in [-0.2, 0) is 0 Å². The van der Waals surface area contributed by atoms with Gasteiger partial charge in [-0.25, -0.2) is 0 Å². The molecule has 1 aromatic rings. The van der Waals surface area contributed by atoms with E-state index in [1.807, 2.05) is 0 Å². The molecule has 2 aliphatic heterocycles. The minimum atomic E-state index is -2.93. The van der Waals surface area contributed by atoms with Gasteiger partial charge in [0.2, 0.25) is 0 Å². The predicted molar refractivity (Wildman–Crippen MR) is 92.0 cm³/mol. The molecule has 3 rings (SSSR count). The largest absolute Gasteiger partial charge is 0.434 e. The zero-order valence-electron chi connectivity index (χ0n) is 14.7. The first-order chi connectivity index (χ1) is 12.1. The highest BCUT2D eigenvalue weighted by Gasteiger charge is 2.31. The maximum Gasteiger partial charge on any atom is 0.387 e. The number of alkyl halides is 2. The zero-order chi connectivity index (χ0) is 17.8. The van der Waals surface area contributed by atoms with Gasteiger partial charge in [0.15, 0.2) is 0 Å². The summed E-state index contributed by atoms with van der Waals surface area (Å²) in [6, 6.07) is 6.79. The molecule has 0 aliphatic carbocycles. The molecule has 0 aromatic heterocycles. The van der Waals surface area contributed by atoms with Crippen molar-refractivity contribution in [2.45, 2.75) is 45.3 Å². The lowest BCUT2D eigenvalue weighted by molar-refractivity contribution is -0.0503. The molecule has 0 unspecified atom stereocenters. The van der Waals surface area contributed by atoms with Gasteiger partial charge >= 0.3 is 6.61 Å². The Balaban J connectivity index is 1.60. The molecule has 0 saturated carbocycles. The summed E-state index contributed by atoms with van der Waals surface area (Å²) < 4.78 is 29.6. The molecule has 1 amide bonds. The SMILES string of the molecule is C[C@H](C1CCN(C(=O)c2ccccc2OC(F)F)CC1)N1CCCC1. The van der Waals surface area contributed by atoms with E-state index in [2.05, 4.69) is 16.6 Å². The van der Waals surface area contributed by atoms with Crippen molar-refractivity contribution in [2.24, 2.45) is 5.92 Å². The number of benzene rings is 1. The smallest absolute Gasteiger partial charge is 0.387 e. The molecule has 2 saturated heterocycles. The lowest BCUT2D eigenvalue weighted by Crippen LogP contribution is -2.45. The van der Waals surface area contributed by atoms with Crippen molar-refractivity contribution in [3.63, 3.8) is 0 Å². The van der Waals surface area contributed by atoms with E-state index in [9.17, 15) is 13.6 Å². The second kappa shape index (κ2) is 8.13. The highest BCUT2D eigenvalue weighted by Crippen LogP contribution is 2.28. The molecular formula is C19H26F2N2O2. The number of likely N-dealkylation sites (tertiary alicyclic amines) is 2. The third-order valence-corrected chi connectivity index (χ3v) is 5.56. The van der Waals surface area contributed by atoms with E-state index >= 15 is 0 Å². The van der Waals surface area contributed by atoms with E-state index in [1.54, 1.807) is 23.1 Å². The van der Waals surface area contributed by atoms with Crippen molar-refractivity contribution in [2.75, 3.05) is 26.2 Å². The second-order valence-corrected chi connectivity index (χ2v) is 6.99. The Kier molecular flexibility index (Phi) is 5.89. The summed E-state index contributed by atoms with van der Waals surface area (Å²) >= 11 is 0. The summed E-state index contributed by atoms with van der Waals surface area (Å²) in [7, 11) is 0. The van der Waals surface area contributed by atoms with Gasteiger partial charge in [0.25, 0.3) is 5.91 Å². The Morgan fingerprint density at radius 1 is 1.12 bits per heavy atom. The molecule has 2 fully saturated rings. The molecule has 0 bridgehead atoms. The van der Waals surface area contributed by atoms with Crippen molar-refractivity contribution in [1.29, 1.82) is 0 Å². The van der Waals surface area contributed by atoms with Crippen LogP contribution in [0, 0.1) is 5.92 Å². The van der Waals surface area contributed by atoms with Crippen LogP contribution in [0.15, 0.2) is 24.3 Å². The molecule has 138 valence electrons. The normalized spacial score (nSPS) is 20.9. The van der Waals surface area contributed by atoms with Gasteiger partial charge in [0.1, 0.15) is 5.75 Å². The summed E-state index contributed by atoms with van der Waals surface area (Å²) in [4.78, 5) is 17.0. The van der Waals surface area contributed by atoms with E-state index in [0.29, 0.717) is 25.0 Å². The first-order valence-corrected chi connectivity index (χ1v) is 9.13. The van der Waals surface area contributed by atoms with Crippen LogP contribution in [0.25, 0.3) is 0 Å². The summed E-state index contributed by atoms with van der Waals surface area (Å²) in [5, 5.41) is 0. The number of ether oxygens (including phenoxy) is 1. The molecule has 25 heavy (non-hydrogen) atoms. The Bertz CT molecular complexity index is 583. The van der Waals surface area contributed by atoms with Crippen LogP contribution in [0.1, 0.15) is 43.0 Å². The number of amides is 1. The molecule has 0 spiro atoms. The van der Waals surface area contributed by atoms with Crippen LogP contribution in [-0.4, -0.2) is 54.5 Å². The monoisotopic (exact) mass is 352 g/mol. The van der Waals surface area contributed by atoms with Crippen molar-refractivity contribution in [3.05, 3.63) is 29.8 Å². The number of rotatable bonds is 5. The standard InChI is InChI=1S/C19H26F2N2O2/c1-14(22-10-4-5-11-22)15-8-12-23(13-9-15)18(24)16-6-2-3-7-17(16)25-19(20)21/h2-3,6-7,14-15,19H,4-5,8-13H2,1H3/t14-/m1/s1. The van der Waals surface area contributed by atoms with Crippen molar-refractivity contribution < 1.29 is 18.3 Å². The van der Waals surface area contributed by atoms with E-state index in [0.717, 1.165) is 12.8 Å². The van der Waals surface area contributed by atoms with Crippen LogP contribution in [0.4, 0.5) is 8.78 Å². The maximum absolute atomic E-state index is 12.7. The Morgan fingerprint density at radius 2 is 1.76 bits per heavy atom. The van der Waals surface area contributed by atoms with E-state index in [-0.39, 0.29) is 17.2 Å². The van der Waals surface area contributed by atoms with Gasteiger partial charge in [-0.05, 0) is 63.7 Å². The number of carbonyl (C=O) groups is 1. The van der Waals surface area contributed by atoms with Gasteiger partial charge in [-0.1, -0.05) is 12.1 Å². The van der Waals surface area contributed by atoms with Gasteiger partial charge in [-0.2, -0.15) is 8.78 Å². The third kappa shape index (κ3) is 4.29. The van der Waals surface area contributed by atoms with Crippen molar-refractivity contribution >= 4 is 5.91 Å². The molecule has 2 aliphatic rings. The zero-order valence-corrected chi connectivity index (χ0v) is 14.7. The van der Waals surface area contributed by atoms with E-state index in [4.69, 9.17) is 0 Å². The quantitative estimate of drug-likeness (QED) is 0.811. The van der Waals surface area contributed by atoms with Crippen LogP contribution in [0.3, 0.4) is 0 Å². The number of hydrogen-bond acceptors (Lipinski definition) is 3. The van der Waals surface area contributed by atoms with E-state index < -0.39 is 6.61 Å². The van der Waals surface area contributed by atoms with E-state index in [1.165, 1.54) is 32.0 Å². The predicted octanol–water partition coefficient (Wildman–Crippen LogP) is 3.62. The number of piperidine rings is 1. The topological polar surface area (TPSA) is 32.8 Å². The van der Waals surface area contributed by atoms with Gasteiger partial charge in [-0.3, -0.25) is 4.79 Å². The highest BCUT2D eigenvalue weighted by molar-refractivity contribution is 5.97. The highest BCUT2D eigenvalue weighted by atomic mass is 19.3. The number of halogens is 2. The van der Waals surface area contributed by atoms with Gasteiger partial charge < -0.3 is 14.5 Å². The Labute approximate surface area is 147 Å². The molecule has 4 nitrogen and oxygen atoms in total. The second-order valence-electron chi connectivity index (χ2n) is 6.99. The third-order valence-electron chi connectivity index (χ3n) is 5.56. The number of carbonyl (C=O) groups excluding carboxylic acids is 1. The average Bonchev–Trinajstić information content (AvgIpc) is 3.15. The molecule has 0 radical (unpaired) electrons. The molecular weight excluding hydrogens is 326 g/mol. The maximum atomic E-state index is 12.7. The van der Waals surface area contributed by atoms with Crippen LogP contribution in [0.5, 0.6) is 5.75 Å². The summed E-state index contributed by atoms with van der Waals surface area (Å²) in [5.41, 5.74) is 0.217. The molecule has 0 N–H and O–H groups in total. The number of para-hydroxylation sites is 1. The van der Waals surface area contributed by atoms with Gasteiger partial charge in [-0.15, -0.1) is 0 Å². The average molecular weight is 352 g/mol. The fourth-order valence-corrected chi connectivity index (χ4v) is 4.04. The fourth-order valence-electron chi connectivity index (χ4n) is 4.04. The number of hydrogen-bond donors (Lipinski definition) is 0. The summed E-state index contributed by atoms with van der Waals surface area (Å²) in [6.07, 6.45) is 4.48. The number of nitrogens with zero attached hydrogens (tertiary/aromatic N) is 2. The first kappa shape index (κ1) is 18.1. The minimum Gasteiger partial charge on any atom is -0.434 e. The molecule has 6 heteroatoms. The molecule has 1 aromatic carbocycles. The van der Waals surface area contributed by atoms with Gasteiger partial charge in [0.05, 0.1) is 5.56 Å². The Hall–Kier alpha value is -1.69. The van der Waals surface area contributed by atoms with Crippen molar-refractivity contribution in [1.82, 2.24) is 9.80 Å². The van der Waals surface area contributed by atoms with Gasteiger partial charge in [0, 0.05) is 19.1 Å². The fraction of sp³-hybridized carbons (Fsp3) is 0.632. The van der Waals surface area contributed by atoms with Crippen LogP contribution >= 0.6 is 0 Å². The lowest BCUT2D eigenvalue weighted by atomic mass is 9.89. The Morgan fingerprint density at radius 3 is 2.40 bits per heavy atom. The lowest BCUT2D eigenvalue weighted by Gasteiger charge is -2.38.